The summed E-state index contributed by atoms with van der Waals surface area (Å²) in [6.07, 6.45) is 3.58. The van der Waals surface area contributed by atoms with Crippen molar-refractivity contribution in [3.05, 3.63) is 18.1 Å². The fraction of sp³-hybridized carbons (Fsp3) is 0.500. The first kappa shape index (κ1) is 12.5. The number of rotatable bonds is 1. The van der Waals surface area contributed by atoms with Crippen molar-refractivity contribution in [2.24, 2.45) is 0 Å². The van der Waals surface area contributed by atoms with Gasteiger partial charge < -0.3 is 10.3 Å². The number of nitrogens with zero attached hydrogens (tertiary/aromatic N) is 3. The summed E-state index contributed by atoms with van der Waals surface area (Å²) in [4.78, 5) is 8.25. The van der Waals surface area contributed by atoms with Gasteiger partial charge in [0.1, 0.15) is 17.8 Å². The maximum absolute atomic E-state index is 5.81. The highest BCUT2D eigenvalue weighted by molar-refractivity contribution is 5.89. The zero-order chi connectivity index (χ0) is 12.3. The molecule has 16 heavy (non-hydrogen) atoms. The molecular weight excluding hydrogens is 200 g/mol. The molecule has 2 N–H and O–H groups in total. The first-order valence-electron chi connectivity index (χ1n) is 5.69. The van der Waals surface area contributed by atoms with Crippen LogP contribution < -0.4 is 5.73 Å². The minimum atomic E-state index is 0.389. The standard InChI is InChI=1S/C10H14N4.C2H6/c1-6(2)14-4-7(3)8-9(11)12-5-13-10(8)14;1-2/h4-6H,1-3H3,(H2,11,12,13);1-2H3. The molecule has 4 heteroatoms. The van der Waals surface area contributed by atoms with Crippen LogP contribution in [0.5, 0.6) is 0 Å². The molecule has 0 fully saturated rings. The van der Waals surface area contributed by atoms with Gasteiger partial charge in [0.15, 0.2) is 0 Å². The molecule has 0 aliphatic heterocycles. The smallest absolute Gasteiger partial charge is 0.145 e. The van der Waals surface area contributed by atoms with Crippen LogP contribution in [0.25, 0.3) is 11.0 Å². The Morgan fingerprint density at radius 3 is 2.44 bits per heavy atom. The molecule has 2 heterocycles. The lowest BCUT2D eigenvalue weighted by Gasteiger charge is -2.07. The summed E-state index contributed by atoms with van der Waals surface area (Å²) in [5.74, 6) is 0.562. The maximum Gasteiger partial charge on any atom is 0.145 e. The predicted molar refractivity (Wildman–Crippen MR) is 68.4 cm³/mol. The minimum absolute atomic E-state index is 0.389. The molecule has 0 unspecified atom stereocenters. The van der Waals surface area contributed by atoms with Crippen molar-refractivity contribution < 1.29 is 0 Å². The molecule has 2 rings (SSSR count). The van der Waals surface area contributed by atoms with Gasteiger partial charge in [0.05, 0.1) is 5.39 Å². The molecule has 0 saturated carbocycles. The fourth-order valence-electron chi connectivity index (χ4n) is 1.69. The van der Waals surface area contributed by atoms with E-state index in [0.717, 1.165) is 16.6 Å². The van der Waals surface area contributed by atoms with Gasteiger partial charge in [0.2, 0.25) is 0 Å². The molecular formula is C12H20N4. The summed E-state index contributed by atoms with van der Waals surface area (Å²) in [5, 5.41) is 0.973. The Morgan fingerprint density at radius 2 is 1.88 bits per heavy atom. The van der Waals surface area contributed by atoms with E-state index in [9.17, 15) is 0 Å². The third-order valence-electron chi connectivity index (χ3n) is 2.38. The van der Waals surface area contributed by atoms with Crippen LogP contribution in [-0.4, -0.2) is 14.5 Å². The highest BCUT2D eigenvalue weighted by atomic mass is 15.1. The number of nitrogens with two attached hydrogens (primary N) is 1. The van der Waals surface area contributed by atoms with Crippen molar-refractivity contribution in [1.82, 2.24) is 14.5 Å². The zero-order valence-electron chi connectivity index (χ0n) is 10.7. The third kappa shape index (κ3) is 2.01. The van der Waals surface area contributed by atoms with Gasteiger partial charge in [-0.2, -0.15) is 0 Å². The Morgan fingerprint density at radius 1 is 1.25 bits per heavy atom. The number of anilines is 1. The lowest BCUT2D eigenvalue weighted by molar-refractivity contribution is 0.616. The first-order valence-corrected chi connectivity index (χ1v) is 5.69. The molecule has 0 aromatic carbocycles. The molecule has 0 amide bonds. The van der Waals surface area contributed by atoms with E-state index in [2.05, 4.69) is 34.6 Å². The summed E-state index contributed by atoms with van der Waals surface area (Å²) in [6, 6.07) is 0.389. The van der Waals surface area contributed by atoms with Gasteiger partial charge in [-0.05, 0) is 26.3 Å². The van der Waals surface area contributed by atoms with E-state index < -0.39 is 0 Å². The number of aromatic nitrogens is 3. The van der Waals surface area contributed by atoms with Gasteiger partial charge in [-0.15, -0.1) is 0 Å². The van der Waals surface area contributed by atoms with Crippen LogP contribution in [0.3, 0.4) is 0 Å². The van der Waals surface area contributed by atoms with Gasteiger partial charge >= 0.3 is 0 Å². The summed E-state index contributed by atoms with van der Waals surface area (Å²) in [6.45, 7) is 10.3. The van der Waals surface area contributed by atoms with Crippen LogP contribution in [-0.2, 0) is 0 Å². The third-order valence-corrected chi connectivity index (χ3v) is 2.38. The van der Waals surface area contributed by atoms with E-state index in [1.165, 1.54) is 6.33 Å². The van der Waals surface area contributed by atoms with Crippen LogP contribution >= 0.6 is 0 Å². The van der Waals surface area contributed by atoms with Crippen molar-refractivity contribution in [3.63, 3.8) is 0 Å². The quantitative estimate of drug-likeness (QED) is 0.803. The Labute approximate surface area is 96.5 Å². The molecule has 0 saturated heterocycles. The Hall–Kier alpha value is -1.58. The Balaban J connectivity index is 0.000000606. The molecule has 0 radical (unpaired) electrons. The monoisotopic (exact) mass is 220 g/mol. The molecule has 0 aliphatic carbocycles. The summed E-state index contributed by atoms with van der Waals surface area (Å²) >= 11 is 0. The summed E-state index contributed by atoms with van der Waals surface area (Å²) in [7, 11) is 0. The molecule has 4 nitrogen and oxygen atoms in total. The number of hydrogen-bond acceptors (Lipinski definition) is 3. The molecule has 0 bridgehead atoms. The second-order valence-electron chi connectivity index (χ2n) is 3.77. The second-order valence-corrected chi connectivity index (χ2v) is 3.77. The van der Waals surface area contributed by atoms with E-state index >= 15 is 0 Å². The van der Waals surface area contributed by atoms with Crippen LogP contribution in [0, 0.1) is 6.92 Å². The molecule has 88 valence electrons. The van der Waals surface area contributed by atoms with E-state index in [1.807, 2.05) is 20.8 Å². The van der Waals surface area contributed by atoms with E-state index in [1.54, 1.807) is 0 Å². The van der Waals surface area contributed by atoms with Gasteiger partial charge in [-0.3, -0.25) is 0 Å². The molecule has 0 spiro atoms. The first-order chi connectivity index (χ1) is 7.61. The van der Waals surface area contributed by atoms with Crippen molar-refractivity contribution in [2.75, 3.05) is 5.73 Å². The van der Waals surface area contributed by atoms with Crippen LogP contribution in [0.1, 0.15) is 39.3 Å². The normalized spacial score (nSPS) is 10.4. The molecule has 2 aromatic heterocycles. The number of fused-ring (bicyclic) bond motifs is 1. The fourth-order valence-corrected chi connectivity index (χ4v) is 1.69. The van der Waals surface area contributed by atoms with Gasteiger partial charge in [-0.1, -0.05) is 13.8 Å². The van der Waals surface area contributed by atoms with Crippen molar-refractivity contribution in [2.45, 2.75) is 40.7 Å². The zero-order valence-corrected chi connectivity index (χ0v) is 10.7. The number of aryl methyl sites for hydroxylation is 1. The minimum Gasteiger partial charge on any atom is -0.383 e. The number of nitrogen functional groups attached to an aromatic ring is 1. The highest BCUT2D eigenvalue weighted by Crippen LogP contribution is 2.25. The van der Waals surface area contributed by atoms with E-state index in [0.29, 0.717) is 11.9 Å². The Kier molecular flexibility index (Phi) is 3.88. The van der Waals surface area contributed by atoms with Crippen LogP contribution in [0.2, 0.25) is 0 Å². The second kappa shape index (κ2) is 4.96. The highest BCUT2D eigenvalue weighted by Gasteiger charge is 2.11. The van der Waals surface area contributed by atoms with Crippen LogP contribution in [0.4, 0.5) is 5.82 Å². The Bertz CT molecular complexity index is 471. The largest absolute Gasteiger partial charge is 0.383 e. The lowest BCUT2D eigenvalue weighted by atomic mass is 10.2. The molecule has 0 atom stereocenters. The van der Waals surface area contributed by atoms with Crippen molar-refractivity contribution >= 4 is 16.9 Å². The number of hydrogen-bond donors (Lipinski definition) is 1. The lowest BCUT2D eigenvalue weighted by Crippen LogP contribution is -2.00. The average molecular weight is 220 g/mol. The molecule has 0 aliphatic rings. The summed E-state index contributed by atoms with van der Waals surface area (Å²) in [5.41, 5.74) is 7.86. The van der Waals surface area contributed by atoms with Gasteiger partial charge in [-0.25, -0.2) is 9.97 Å². The van der Waals surface area contributed by atoms with Crippen molar-refractivity contribution in [1.29, 1.82) is 0 Å². The van der Waals surface area contributed by atoms with E-state index in [-0.39, 0.29) is 0 Å². The average Bonchev–Trinajstić information content (AvgIpc) is 2.61. The summed E-state index contributed by atoms with van der Waals surface area (Å²) < 4.78 is 2.11. The predicted octanol–water partition coefficient (Wildman–Crippen LogP) is 2.93. The molecule has 2 aromatic rings. The van der Waals surface area contributed by atoms with E-state index in [4.69, 9.17) is 5.73 Å². The topological polar surface area (TPSA) is 56.7 Å². The SMILES string of the molecule is CC.Cc1cn(C(C)C)c2ncnc(N)c12. The van der Waals surface area contributed by atoms with Crippen molar-refractivity contribution in [3.8, 4) is 0 Å². The van der Waals surface area contributed by atoms with Crippen LogP contribution in [0.15, 0.2) is 12.5 Å². The van der Waals surface area contributed by atoms with Gasteiger partial charge in [0.25, 0.3) is 0 Å². The van der Waals surface area contributed by atoms with Gasteiger partial charge in [0, 0.05) is 12.2 Å². The maximum atomic E-state index is 5.81.